The molecule has 1 saturated carbocycles. The van der Waals surface area contributed by atoms with E-state index in [-0.39, 0.29) is 17.2 Å². The van der Waals surface area contributed by atoms with Gasteiger partial charge in [-0.05, 0) is 37.0 Å². The third kappa shape index (κ3) is 3.65. The summed E-state index contributed by atoms with van der Waals surface area (Å²) >= 11 is 0. The Morgan fingerprint density at radius 3 is 2.79 bits per heavy atom. The second-order valence-electron chi connectivity index (χ2n) is 4.32. The number of nitrogens with zero attached hydrogens (tertiary/aromatic N) is 1. The second kappa shape index (κ2) is 5.65. The summed E-state index contributed by atoms with van der Waals surface area (Å²) in [7, 11) is 0. The molecule has 1 amide bonds. The Balaban J connectivity index is 2.04. The Bertz CT molecular complexity index is 510. The SMILES string of the molecule is N#CC(NC(=O)c1cccc(OC(F)F)c1)C1CC1. The van der Waals surface area contributed by atoms with Crippen LogP contribution in [0.3, 0.4) is 0 Å². The minimum Gasteiger partial charge on any atom is -0.435 e. The van der Waals surface area contributed by atoms with Crippen molar-refractivity contribution in [2.75, 3.05) is 0 Å². The van der Waals surface area contributed by atoms with Gasteiger partial charge in [0.15, 0.2) is 0 Å². The predicted octanol–water partition coefficient (Wildman–Crippen LogP) is 2.32. The van der Waals surface area contributed by atoms with Crippen LogP contribution in [0.1, 0.15) is 23.2 Å². The molecule has 1 fully saturated rings. The summed E-state index contributed by atoms with van der Waals surface area (Å²) in [5, 5.41) is 11.5. The summed E-state index contributed by atoms with van der Waals surface area (Å²) in [6.45, 7) is -2.93. The molecule has 0 bridgehead atoms. The molecule has 0 saturated heterocycles. The van der Waals surface area contributed by atoms with Gasteiger partial charge in [-0.15, -0.1) is 0 Å². The molecular weight excluding hydrogens is 254 g/mol. The number of nitrogens with one attached hydrogen (secondary N) is 1. The van der Waals surface area contributed by atoms with Crippen LogP contribution >= 0.6 is 0 Å². The normalized spacial score (nSPS) is 15.7. The van der Waals surface area contributed by atoms with Crippen molar-refractivity contribution in [3.05, 3.63) is 29.8 Å². The standard InChI is InChI=1S/C13H12F2N2O2/c14-13(15)19-10-3-1-2-9(6-10)12(18)17-11(7-16)8-4-5-8/h1-3,6,8,11,13H,4-5H2,(H,17,18). The lowest BCUT2D eigenvalue weighted by Gasteiger charge is -2.11. The molecule has 1 aliphatic rings. The average Bonchev–Trinajstić information content (AvgIpc) is 3.19. The third-order valence-electron chi connectivity index (χ3n) is 2.84. The molecule has 1 aromatic carbocycles. The summed E-state index contributed by atoms with van der Waals surface area (Å²) in [6, 6.07) is 7.00. The lowest BCUT2D eigenvalue weighted by molar-refractivity contribution is -0.0498. The molecule has 0 radical (unpaired) electrons. The Morgan fingerprint density at radius 2 is 2.21 bits per heavy atom. The molecule has 0 heterocycles. The zero-order valence-electron chi connectivity index (χ0n) is 9.98. The molecule has 4 nitrogen and oxygen atoms in total. The van der Waals surface area contributed by atoms with E-state index in [0.717, 1.165) is 12.8 Å². The minimum absolute atomic E-state index is 0.0809. The first kappa shape index (κ1) is 13.3. The molecule has 1 atom stereocenters. The summed E-state index contributed by atoms with van der Waals surface area (Å²) in [6.07, 6.45) is 1.85. The summed E-state index contributed by atoms with van der Waals surface area (Å²) in [4.78, 5) is 11.9. The monoisotopic (exact) mass is 266 g/mol. The molecule has 1 aliphatic carbocycles. The fourth-order valence-electron chi connectivity index (χ4n) is 1.72. The summed E-state index contributed by atoms with van der Waals surface area (Å²) < 4.78 is 28.4. The molecule has 1 N–H and O–H groups in total. The zero-order chi connectivity index (χ0) is 13.8. The molecule has 0 aliphatic heterocycles. The van der Waals surface area contributed by atoms with Gasteiger partial charge in [-0.3, -0.25) is 4.79 Å². The molecule has 2 rings (SSSR count). The van der Waals surface area contributed by atoms with Gasteiger partial charge in [0.1, 0.15) is 11.8 Å². The lowest BCUT2D eigenvalue weighted by Crippen LogP contribution is -2.35. The highest BCUT2D eigenvalue weighted by molar-refractivity contribution is 5.95. The van der Waals surface area contributed by atoms with Crippen molar-refractivity contribution in [3.8, 4) is 11.8 Å². The van der Waals surface area contributed by atoms with Gasteiger partial charge in [0.25, 0.3) is 5.91 Å². The predicted molar refractivity (Wildman–Crippen MR) is 62.7 cm³/mol. The molecular formula is C13H12F2N2O2. The number of amides is 1. The number of carbonyl (C=O) groups is 1. The molecule has 6 heteroatoms. The third-order valence-corrected chi connectivity index (χ3v) is 2.84. The highest BCUT2D eigenvalue weighted by Gasteiger charge is 2.32. The molecule has 1 unspecified atom stereocenters. The van der Waals surface area contributed by atoms with Crippen LogP contribution in [0.25, 0.3) is 0 Å². The van der Waals surface area contributed by atoms with Crippen LogP contribution in [0.4, 0.5) is 8.78 Å². The maximum absolute atomic E-state index is 12.1. The van der Waals surface area contributed by atoms with Gasteiger partial charge in [-0.2, -0.15) is 14.0 Å². The van der Waals surface area contributed by atoms with Gasteiger partial charge in [0.2, 0.25) is 0 Å². The quantitative estimate of drug-likeness (QED) is 0.889. The van der Waals surface area contributed by atoms with Crippen LogP contribution in [0.5, 0.6) is 5.75 Å². The van der Waals surface area contributed by atoms with Crippen molar-refractivity contribution >= 4 is 5.91 Å². The maximum Gasteiger partial charge on any atom is 0.387 e. The first-order valence-corrected chi connectivity index (χ1v) is 5.85. The van der Waals surface area contributed by atoms with Crippen molar-refractivity contribution in [1.29, 1.82) is 5.26 Å². The largest absolute Gasteiger partial charge is 0.435 e. The maximum atomic E-state index is 12.1. The van der Waals surface area contributed by atoms with Crippen LogP contribution in [0.15, 0.2) is 24.3 Å². The van der Waals surface area contributed by atoms with Gasteiger partial charge in [-0.1, -0.05) is 6.07 Å². The Labute approximate surface area is 109 Å². The Morgan fingerprint density at radius 1 is 1.47 bits per heavy atom. The van der Waals surface area contributed by atoms with E-state index in [4.69, 9.17) is 5.26 Å². The van der Waals surface area contributed by atoms with Gasteiger partial charge >= 0.3 is 6.61 Å². The van der Waals surface area contributed by atoms with E-state index < -0.39 is 18.6 Å². The first-order chi connectivity index (χ1) is 9.10. The van der Waals surface area contributed by atoms with E-state index in [2.05, 4.69) is 10.1 Å². The number of carbonyl (C=O) groups excluding carboxylic acids is 1. The highest BCUT2D eigenvalue weighted by atomic mass is 19.3. The van der Waals surface area contributed by atoms with Crippen molar-refractivity contribution in [1.82, 2.24) is 5.32 Å². The van der Waals surface area contributed by atoms with Crippen LogP contribution in [-0.2, 0) is 0 Å². The highest BCUT2D eigenvalue weighted by Crippen LogP contribution is 2.32. The van der Waals surface area contributed by atoms with Crippen molar-refractivity contribution in [2.24, 2.45) is 5.92 Å². The topological polar surface area (TPSA) is 62.1 Å². The van der Waals surface area contributed by atoms with E-state index in [0.29, 0.717) is 0 Å². The number of halogens is 2. The van der Waals surface area contributed by atoms with E-state index in [9.17, 15) is 13.6 Å². The van der Waals surface area contributed by atoms with Gasteiger partial charge in [-0.25, -0.2) is 0 Å². The van der Waals surface area contributed by atoms with E-state index in [1.165, 1.54) is 24.3 Å². The number of hydrogen-bond donors (Lipinski definition) is 1. The van der Waals surface area contributed by atoms with Crippen LogP contribution in [0, 0.1) is 17.2 Å². The molecule has 19 heavy (non-hydrogen) atoms. The first-order valence-electron chi connectivity index (χ1n) is 5.85. The van der Waals surface area contributed by atoms with Gasteiger partial charge in [0.05, 0.1) is 6.07 Å². The second-order valence-corrected chi connectivity index (χ2v) is 4.32. The van der Waals surface area contributed by atoms with Crippen LogP contribution in [0.2, 0.25) is 0 Å². The van der Waals surface area contributed by atoms with Crippen molar-refractivity contribution in [2.45, 2.75) is 25.5 Å². The van der Waals surface area contributed by atoms with Crippen LogP contribution in [-0.4, -0.2) is 18.6 Å². The zero-order valence-corrected chi connectivity index (χ0v) is 9.98. The van der Waals surface area contributed by atoms with E-state index in [1.54, 1.807) is 0 Å². The Hall–Kier alpha value is -2.16. The van der Waals surface area contributed by atoms with Gasteiger partial charge in [0, 0.05) is 5.56 Å². The number of benzene rings is 1. The van der Waals surface area contributed by atoms with Gasteiger partial charge < -0.3 is 10.1 Å². The smallest absolute Gasteiger partial charge is 0.387 e. The Kier molecular flexibility index (Phi) is 3.95. The van der Waals surface area contributed by atoms with E-state index >= 15 is 0 Å². The van der Waals surface area contributed by atoms with E-state index in [1.807, 2.05) is 6.07 Å². The average molecular weight is 266 g/mol. The molecule has 100 valence electrons. The number of hydrogen-bond acceptors (Lipinski definition) is 3. The lowest BCUT2D eigenvalue weighted by atomic mass is 10.1. The summed E-state index contributed by atoms with van der Waals surface area (Å²) in [5.74, 6) is -0.338. The summed E-state index contributed by atoms with van der Waals surface area (Å²) in [5.41, 5.74) is 0.194. The van der Waals surface area contributed by atoms with Crippen molar-refractivity contribution in [3.63, 3.8) is 0 Å². The minimum atomic E-state index is -2.93. The van der Waals surface area contributed by atoms with Crippen molar-refractivity contribution < 1.29 is 18.3 Å². The number of ether oxygens (including phenoxy) is 1. The molecule has 0 spiro atoms. The number of alkyl halides is 2. The molecule has 1 aromatic rings. The number of nitriles is 1. The van der Waals surface area contributed by atoms with Crippen LogP contribution < -0.4 is 10.1 Å². The number of rotatable bonds is 5. The molecule has 0 aromatic heterocycles. The fourth-order valence-corrected chi connectivity index (χ4v) is 1.72. The fraction of sp³-hybridized carbons (Fsp3) is 0.385.